The lowest BCUT2D eigenvalue weighted by atomic mass is 9.84. The van der Waals surface area contributed by atoms with Crippen molar-refractivity contribution in [3.8, 4) is 0 Å². The summed E-state index contributed by atoms with van der Waals surface area (Å²) in [6.07, 6.45) is 10.3. The highest BCUT2D eigenvalue weighted by atomic mass is 16.5. The molecule has 0 saturated carbocycles. The third kappa shape index (κ3) is 4.87. The van der Waals surface area contributed by atoms with Crippen LogP contribution in [0, 0.1) is 5.92 Å². The first-order valence-electron chi connectivity index (χ1n) is 13.1. The number of fused-ring (bicyclic) bond motifs is 1. The van der Waals surface area contributed by atoms with Crippen LogP contribution < -0.4 is 0 Å². The van der Waals surface area contributed by atoms with E-state index in [1.54, 1.807) is 7.11 Å². The van der Waals surface area contributed by atoms with Crippen LogP contribution in [0.25, 0.3) is 10.8 Å². The molecule has 2 aromatic rings. The molecule has 2 fully saturated rings. The van der Waals surface area contributed by atoms with E-state index in [1.807, 2.05) is 23.1 Å². The minimum Gasteiger partial charge on any atom is -0.385 e. The van der Waals surface area contributed by atoms with E-state index in [0.29, 0.717) is 38.5 Å². The zero-order valence-corrected chi connectivity index (χ0v) is 20.8. The quantitative estimate of drug-likeness (QED) is 0.312. The van der Waals surface area contributed by atoms with E-state index in [9.17, 15) is 9.59 Å². The Labute approximate surface area is 208 Å². The van der Waals surface area contributed by atoms with Crippen molar-refractivity contribution in [2.24, 2.45) is 5.92 Å². The fourth-order valence-corrected chi connectivity index (χ4v) is 6.09. The van der Waals surface area contributed by atoms with Gasteiger partial charge in [-0.3, -0.25) is 9.69 Å². The van der Waals surface area contributed by atoms with Crippen LogP contribution in [0.4, 0.5) is 4.79 Å². The number of hydrogen-bond acceptors (Lipinski definition) is 4. The van der Waals surface area contributed by atoms with Crippen LogP contribution >= 0.6 is 0 Å². The summed E-state index contributed by atoms with van der Waals surface area (Å²) in [5.74, 6) is 0.686. The van der Waals surface area contributed by atoms with Crippen molar-refractivity contribution in [2.45, 2.75) is 50.6 Å². The van der Waals surface area contributed by atoms with Crippen molar-refractivity contribution in [3.05, 3.63) is 60.2 Å². The minimum absolute atomic E-state index is 0.0201. The van der Waals surface area contributed by atoms with E-state index >= 15 is 0 Å². The Morgan fingerprint density at radius 1 is 1.03 bits per heavy atom. The number of urea groups is 1. The van der Waals surface area contributed by atoms with Gasteiger partial charge in [-0.05, 0) is 66.8 Å². The molecule has 3 amide bonds. The predicted octanol–water partition coefficient (Wildman–Crippen LogP) is 4.83. The maximum absolute atomic E-state index is 13.9. The highest BCUT2D eigenvalue weighted by molar-refractivity contribution is 6.07. The molecule has 0 bridgehead atoms. The highest BCUT2D eigenvalue weighted by Gasteiger charge is 2.57. The first kappa shape index (κ1) is 24.0. The Balaban J connectivity index is 1.33. The van der Waals surface area contributed by atoms with E-state index in [0.717, 1.165) is 48.8 Å². The van der Waals surface area contributed by atoms with Crippen molar-refractivity contribution in [1.29, 1.82) is 0 Å². The molecule has 35 heavy (non-hydrogen) atoms. The van der Waals surface area contributed by atoms with Crippen molar-refractivity contribution >= 4 is 22.7 Å². The summed E-state index contributed by atoms with van der Waals surface area (Å²) in [7, 11) is 1.68. The Morgan fingerprint density at radius 3 is 2.57 bits per heavy atom. The van der Waals surface area contributed by atoms with Gasteiger partial charge in [0.2, 0.25) is 0 Å². The van der Waals surface area contributed by atoms with Crippen molar-refractivity contribution in [2.75, 3.05) is 39.9 Å². The predicted molar refractivity (Wildman–Crippen MR) is 138 cm³/mol. The van der Waals surface area contributed by atoms with Crippen LogP contribution in [0.1, 0.15) is 44.1 Å². The number of hydrogen-bond donors (Lipinski definition) is 0. The van der Waals surface area contributed by atoms with Gasteiger partial charge in [-0.2, -0.15) is 0 Å². The number of ether oxygens (including phenoxy) is 1. The molecule has 5 rings (SSSR count). The normalized spacial score (nSPS) is 22.6. The molecule has 6 heteroatoms. The first-order chi connectivity index (χ1) is 17.1. The number of carbonyl (C=O) groups is 2. The number of imide groups is 1. The molecular weight excluding hydrogens is 438 g/mol. The van der Waals surface area contributed by atoms with Crippen molar-refractivity contribution in [3.63, 3.8) is 0 Å². The molecule has 0 N–H and O–H groups in total. The third-order valence-electron chi connectivity index (χ3n) is 8.08. The Kier molecular flexibility index (Phi) is 7.21. The standard InChI is InChI=1S/C29H37N3O3/c1-35-19-7-16-32-28(34)31(22-24-12-13-25-10-5-6-11-26(25)20-24)27(33)29(32)14-17-30(18-15-29)21-23-8-3-2-4-9-23/h2-3,5-6,10-13,20,23H,4,7-9,14-19,21-22H2,1H3. The zero-order chi connectivity index (χ0) is 24.3. The monoisotopic (exact) mass is 475 g/mol. The van der Waals surface area contributed by atoms with Crippen LogP contribution in [0.3, 0.4) is 0 Å². The molecule has 1 unspecified atom stereocenters. The summed E-state index contributed by atoms with van der Waals surface area (Å²) in [6, 6.07) is 14.2. The Hall–Kier alpha value is -2.70. The summed E-state index contributed by atoms with van der Waals surface area (Å²) in [4.78, 5) is 33.4. The lowest BCUT2D eigenvalue weighted by Crippen LogP contribution is -2.57. The molecule has 2 heterocycles. The summed E-state index contributed by atoms with van der Waals surface area (Å²) in [5, 5.41) is 2.29. The number of carbonyl (C=O) groups excluding carboxylic acids is 2. The van der Waals surface area contributed by atoms with E-state index < -0.39 is 5.54 Å². The number of allylic oxidation sites excluding steroid dienone is 2. The Bertz CT molecular complexity index is 1090. The molecule has 6 nitrogen and oxygen atoms in total. The van der Waals surface area contributed by atoms with Crippen LogP contribution in [0.15, 0.2) is 54.6 Å². The molecule has 1 spiro atoms. The largest absolute Gasteiger partial charge is 0.385 e. The van der Waals surface area contributed by atoms with Gasteiger partial charge in [0.05, 0.1) is 6.54 Å². The van der Waals surface area contributed by atoms with Gasteiger partial charge in [0.15, 0.2) is 0 Å². The summed E-state index contributed by atoms with van der Waals surface area (Å²) >= 11 is 0. The molecule has 0 aromatic heterocycles. The van der Waals surface area contributed by atoms with E-state index in [2.05, 4.69) is 41.3 Å². The number of piperidine rings is 1. The molecule has 2 aliphatic heterocycles. The van der Waals surface area contributed by atoms with E-state index in [4.69, 9.17) is 4.74 Å². The summed E-state index contributed by atoms with van der Waals surface area (Å²) < 4.78 is 5.25. The van der Waals surface area contributed by atoms with Gasteiger partial charge in [-0.1, -0.05) is 48.6 Å². The van der Waals surface area contributed by atoms with Gasteiger partial charge in [0.1, 0.15) is 5.54 Å². The lowest BCUT2D eigenvalue weighted by Gasteiger charge is -2.43. The van der Waals surface area contributed by atoms with Gasteiger partial charge in [-0.15, -0.1) is 0 Å². The second-order valence-corrected chi connectivity index (χ2v) is 10.3. The molecule has 0 radical (unpaired) electrons. The van der Waals surface area contributed by atoms with E-state index in [-0.39, 0.29) is 11.9 Å². The molecular formula is C29H37N3O3. The molecule has 3 aliphatic rings. The molecule has 1 atom stereocenters. The van der Waals surface area contributed by atoms with Crippen LogP contribution in [-0.2, 0) is 16.1 Å². The fourth-order valence-electron chi connectivity index (χ4n) is 6.09. The number of likely N-dealkylation sites (tertiary alicyclic amines) is 1. The topological polar surface area (TPSA) is 53.1 Å². The number of rotatable bonds is 8. The zero-order valence-electron chi connectivity index (χ0n) is 20.8. The van der Waals surface area contributed by atoms with Crippen molar-refractivity contribution in [1.82, 2.24) is 14.7 Å². The maximum atomic E-state index is 13.9. The summed E-state index contributed by atoms with van der Waals surface area (Å²) in [5.41, 5.74) is 0.270. The molecule has 2 saturated heterocycles. The van der Waals surface area contributed by atoms with Gasteiger partial charge in [0.25, 0.3) is 5.91 Å². The van der Waals surface area contributed by atoms with Crippen LogP contribution in [-0.4, -0.2) is 72.1 Å². The smallest absolute Gasteiger partial charge is 0.327 e. The fraction of sp³-hybridized carbons (Fsp3) is 0.517. The molecule has 1 aliphatic carbocycles. The maximum Gasteiger partial charge on any atom is 0.327 e. The SMILES string of the molecule is COCCCN1C(=O)N(Cc2ccc3ccccc3c2)C(=O)C12CCN(CC1CC=CCC1)CC2. The average Bonchev–Trinajstić information content (AvgIpc) is 3.07. The van der Waals surface area contributed by atoms with Gasteiger partial charge in [-0.25, -0.2) is 4.79 Å². The van der Waals surface area contributed by atoms with Gasteiger partial charge < -0.3 is 14.5 Å². The number of nitrogens with zero attached hydrogens (tertiary/aromatic N) is 3. The third-order valence-corrected chi connectivity index (χ3v) is 8.08. The van der Waals surface area contributed by atoms with Crippen LogP contribution in [0.2, 0.25) is 0 Å². The second kappa shape index (κ2) is 10.5. The average molecular weight is 476 g/mol. The van der Waals surface area contributed by atoms with Crippen LogP contribution in [0.5, 0.6) is 0 Å². The van der Waals surface area contributed by atoms with Crippen molar-refractivity contribution < 1.29 is 14.3 Å². The number of methoxy groups -OCH3 is 1. The highest BCUT2D eigenvalue weighted by Crippen LogP contribution is 2.39. The molecule has 2 aromatic carbocycles. The summed E-state index contributed by atoms with van der Waals surface area (Å²) in [6.45, 7) is 4.28. The first-order valence-corrected chi connectivity index (χ1v) is 13.1. The Morgan fingerprint density at radius 2 is 1.83 bits per heavy atom. The number of benzene rings is 2. The lowest BCUT2D eigenvalue weighted by molar-refractivity contribution is -0.136. The van der Waals surface area contributed by atoms with Gasteiger partial charge in [0, 0.05) is 39.9 Å². The second-order valence-electron chi connectivity index (χ2n) is 10.3. The number of amides is 3. The van der Waals surface area contributed by atoms with Gasteiger partial charge >= 0.3 is 6.03 Å². The molecule has 186 valence electrons. The van der Waals surface area contributed by atoms with E-state index in [1.165, 1.54) is 17.7 Å². The minimum atomic E-state index is -0.718.